The summed E-state index contributed by atoms with van der Waals surface area (Å²) in [5.74, 6) is 0.769. The summed E-state index contributed by atoms with van der Waals surface area (Å²) >= 11 is 0. The van der Waals surface area contributed by atoms with Crippen molar-refractivity contribution in [2.75, 3.05) is 6.61 Å². The van der Waals surface area contributed by atoms with E-state index in [1.165, 1.54) is 44.9 Å². The van der Waals surface area contributed by atoms with Crippen LogP contribution in [0, 0.1) is 5.92 Å². The van der Waals surface area contributed by atoms with Gasteiger partial charge in [-0.2, -0.15) is 0 Å². The maximum Gasteiger partial charge on any atom is 0.0940 e. The van der Waals surface area contributed by atoms with Gasteiger partial charge in [-0.1, -0.05) is 44.9 Å². The highest BCUT2D eigenvalue weighted by Gasteiger charge is 2.40. The summed E-state index contributed by atoms with van der Waals surface area (Å²) in [4.78, 5) is 0. The van der Waals surface area contributed by atoms with Crippen LogP contribution >= 0.6 is 0 Å². The Morgan fingerprint density at radius 3 is 2.24 bits per heavy atom. The van der Waals surface area contributed by atoms with Crippen molar-refractivity contribution in [3.8, 4) is 0 Å². The Kier molecular flexibility index (Phi) is 4.87. The molecule has 1 unspecified atom stereocenters. The van der Waals surface area contributed by atoms with Gasteiger partial charge in [0.2, 0.25) is 0 Å². The second-order valence-corrected chi connectivity index (χ2v) is 5.96. The highest BCUT2D eigenvalue weighted by atomic mass is 16.5. The van der Waals surface area contributed by atoms with Crippen LogP contribution in [0.3, 0.4) is 0 Å². The highest BCUT2D eigenvalue weighted by Crippen LogP contribution is 2.39. The zero-order valence-electron chi connectivity index (χ0n) is 11.3. The Morgan fingerprint density at radius 1 is 1.12 bits per heavy atom. The van der Waals surface area contributed by atoms with E-state index < -0.39 is 0 Å². The summed E-state index contributed by atoms with van der Waals surface area (Å²) in [6.07, 6.45) is 11.9. The van der Waals surface area contributed by atoms with E-state index in [-0.39, 0.29) is 11.7 Å². The van der Waals surface area contributed by atoms with Gasteiger partial charge >= 0.3 is 0 Å². The molecule has 0 radical (unpaired) electrons. The Labute approximate surface area is 106 Å². The normalized spacial score (nSPS) is 27.2. The van der Waals surface area contributed by atoms with Gasteiger partial charge in [-0.15, -0.1) is 0 Å². The lowest BCUT2D eigenvalue weighted by atomic mass is 9.76. The SMILES string of the molecule is CCOC1(C(O)CC2CCC2)CCCCCC1. The number of aliphatic hydroxyl groups excluding tert-OH is 1. The molecule has 2 heteroatoms. The van der Waals surface area contributed by atoms with Gasteiger partial charge in [0.05, 0.1) is 11.7 Å². The fourth-order valence-corrected chi connectivity index (χ4v) is 3.45. The van der Waals surface area contributed by atoms with Crippen molar-refractivity contribution in [2.45, 2.75) is 82.8 Å². The minimum absolute atomic E-state index is 0.207. The number of hydrogen-bond donors (Lipinski definition) is 1. The summed E-state index contributed by atoms with van der Waals surface area (Å²) in [6, 6.07) is 0. The lowest BCUT2D eigenvalue weighted by molar-refractivity contribution is -0.137. The first-order valence-electron chi connectivity index (χ1n) is 7.59. The van der Waals surface area contributed by atoms with Crippen molar-refractivity contribution in [3.05, 3.63) is 0 Å². The molecule has 2 fully saturated rings. The minimum atomic E-state index is -0.231. The van der Waals surface area contributed by atoms with Crippen molar-refractivity contribution in [1.29, 1.82) is 0 Å². The Balaban J connectivity index is 1.96. The molecule has 1 N–H and O–H groups in total. The van der Waals surface area contributed by atoms with E-state index in [4.69, 9.17) is 4.74 Å². The molecule has 0 saturated heterocycles. The summed E-state index contributed by atoms with van der Waals surface area (Å²) in [6.45, 7) is 2.80. The number of ether oxygens (including phenoxy) is 1. The topological polar surface area (TPSA) is 29.5 Å². The van der Waals surface area contributed by atoms with Gasteiger partial charge in [0.15, 0.2) is 0 Å². The maximum absolute atomic E-state index is 10.6. The monoisotopic (exact) mass is 240 g/mol. The largest absolute Gasteiger partial charge is 0.390 e. The van der Waals surface area contributed by atoms with Gasteiger partial charge in [0.1, 0.15) is 0 Å². The third kappa shape index (κ3) is 3.23. The number of hydrogen-bond acceptors (Lipinski definition) is 2. The third-order valence-corrected chi connectivity index (χ3v) is 4.77. The Morgan fingerprint density at radius 2 is 1.76 bits per heavy atom. The van der Waals surface area contributed by atoms with E-state index in [9.17, 15) is 5.11 Å². The summed E-state index contributed by atoms with van der Waals surface area (Å²) < 4.78 is 6.03. The second kappa shape index (κ2) is 6.19. The van der Waals surface area contributed by atoms with E-state index in [0.29, 0.717) is 0 Å². The minimum Gasteiger partial charge on any atom is -0.390 e. The van der Waals surface area contributed by atoms with Gasteiger partial charge in [0.25, 0.3) is 0 Å². The summed E-state index contributed by atoms with van der Waals surface area (Å²) in [5.41, 5.74) is -0.207. The molecule has 2 saturated carbocycles. The molecule has 2 rings (SSSR count). The molecule has 0 aromatic heterocycles. The molecular formula is C15H28O2. The molecular weight excluding hydrogens is 212 g/mol. The van der Waals surface area contributed by atoms with E-state index in [1.54, 1.807) is 0 Å². The standard InChI is InChI=1S/C15H28O2/c1-2-17-15(10-5-3-4-6-11-15)14(16)12-13-8-7-9-13/h13-14,16H,2-12H2,1H3. The maximum atomic E-state index is 10.6. The Bertz CT molecular complexity index is 215. The summed E-state index contributed by atoms with van der Waals surface area (Å²) in [7, 11) is 0. The van der Waals surface area contributed by atoms with E-state index in [1.807, 2.05) is 0 Å². The van der Waals surface area contributed by atoms with Crippen molar-refractivity contribution in [1.82, 2.24) is 0 Å². The predicted molar refractivity (Wildman–Crippen MR) is 70.0 cm³/mol. The quantitative estimate of drug-likeness (QED) is 0.743. The molecule has 17 heavy (non-hydrogen) atoms. The second-order valence-electron chi connectivity index (χ2n) is 5.96. The van der Waals surface area contributed by atoms with Crippen LogP contribution in [0.15, 0.2) is 0 Å². The molecule has 1 atom stereocenters. The van der Waals surface area contributed by atoms with E-state index >= 15 is 0 Å². The highest BCUT2D eigenvalue weighted by molar-refractivity contribution is 4.92. The van der Waals surface area contributed by atoms with Crippen LogP contribution in [0.25, 0.3) is 0 Å². The first-order valence-corrected chi connectivity index (χ1v) is 7.59. The van der Waals surface area contributed by atoms with Gasteiger partial charge in [-0.3, -0.25) is 0 Å². The average Bonchev–Trinajstić information content (AvgIpc) is 2.50. The van der Waals surface area contributed by atoms with E-state index in [0.717, 1.165) is 31.8 Å². The predicted octanol–water partition coefficient (Wildman–Crippen LogP) is 3.67. The molecule has 2 nitrogen and oxygen atoms in total. The molecule has 0 amide bonds. The van der Waals surface area contributed by atoms with Crippen LogP contribution < -0.4 is 0 Å². The molecule has 0 aromatic carbocycles. The average molecular weight is 240 g/mol. The van der Waals surface area contributed by atoms with Gasteiger partial charge in [-0.25, -0.2) is 0 Å². The molecule has 2 aliphatic carbocycles. The van der Waals surface area contributed by atoms with Crippen molar-refractivity contribution >= 4 is 0 Å². The molecule has 0 bridgehead atoms. The van der Waals surface area contributed by atoms with Crippen molar-refractivity contribution in [2.24, 2.45) is 5.92 Å². The van der Waals surface area contributed by atoms with E-state index in [2.05, 4.69) is 6.92 Å². The fraction of sp³-hybridized carbons (Fsp3) is 1.00. The fourth-order valence-electron chi connectivity index (χ4n) is 3.45. The third-order valence-electron chi connectivity index (χ3n) is 4.77. The number of aliphatic hydroxyl groups is 1. The molecule has 0 spiro atoms. The molecule has 2 aliphatic rings. The van der Waals surface area contributed by atoms with Crippen LogP contribution in [0.2, 0.25) is 0 Å². The molecule has 0 heterocycles. The zero-order chi connectivity index (χ0) is 12.1. The van der Waals surface area contributed by atoms with Crippen LogP contribution in [-0.4, -0.2) is 23.4 Å². The lowest BCUT2D eigenvalue weighted by Gasteiger charge is -2.40. The molecule has 0 aliphatic heterocycles. The van der Waals surface area contributed by atoms with Crippen molar-refractivity contribution < 1.29 is 9.84 Å². The van der Waals surface area contributed by atoms with Crippen LogP contribution in [0.5, 0.6) is 0 Å². The Hall–Kier alpha value is -0.0800. The number of rotatable bonds is 5. The molecule has 0 aromatic rings. The zero-order valence-corrected chi connectivity index (χ0v) is 11.3. The van der Waals surface area contributed by atoms with Gasteiger partial charge < -0.3 is 9.84 Å². The first-order chi connectivity index (χ1) is 8.27. The summed E-state index contributed by atoms with van der Waals surface area (Å²) in [5, 5.41) is 10.6. The smallest absolute Gasteiger partial charge is 0.0940 e. The van der Waals surface area contributed by atoms with Crippen molar-refractivity contribution in [3.63, 3.8) is 0 Å². The van der Waals surface area contributed by atoms with Crippen LogP contribution in [0.1, 0.15) is 71.1 Å². The molecule has 100 valence electrons. The lowest BCUT2D eigenvalue weighted by Crippen LogP contribution is -2.46. The van der Waals surface area contributed by atoms with Crippen LogP contribution in [-0.2, 0) is 4.74 Å². The van der Waals surface area contributed by atoms with Gasteiger partial charge in [0, 0.05) is 6.61 Å². The first kappa shape index (κ1) is 13.4. The van der Waals surface area contributed by atoms with Gasteiger partial charge in [-0.05, 0) is 32.1 Å². The van der Waals surface area contributed by atoms with Crippen LogP contribution in [0.4, 0.5) is 0 Å².